The molecule has 1 aromatic rings. The van der Waals surface area contributed by atoms with Crippen molar-refractivity contribution < 1.29 is 29.2 Å². The monoisotopic (exact) mass is 297 g/mol. The fourth-order valence-corrected chi connectivity index (χ4v) is 2.41. The fraction of sp³-hybridized carbons (Fsp3) is 0.333. The van der Waals surface area contributed by atoms with Gasteiger partial charge in [-0.15, -0.1) is 11.8 Å². The highest BCUT2D eigenvalue weighted by Crippen LogP contribution is 2.22. The first-order valence-electron chi connectivity index (χ1n) is 5.97. The first-order valence-corrected chi connectivity index (χ1v) is 6.96. The van der Waals surface area contributed by atoms with E-state index in [4.69, 9.17) is 0 Å². The van der Waals surface area contributed by atoms with Crippen LogP contribution in [0.25, 0.3) is 0 Å². The first-order chi connectivity index (χ1) is 9.52. The van der Waals surface area contributed by atoms with Crippen molar-refractivity contribution in [1.29, 1.82) is 0 Å². The third-order valence-corrected chi connectivity index (χ3v) is 3.60. The normalized spacial score (nSPS) is 17.2. The number of carbonyl (C=O) groups excluding carboxylic acids is 3. The van der Waals surface area contributed by atoms with Gasteiger partial charge in [0.2, 0.25) is 0 Å². The number of rotatable bonds is 5. The summed E-state index contributed by atoms with van der Waals surface area (Å²) in [4.78, 5) is 41.0. The minimum Gasteiger partial charge on any atom is -0.250 e. The number of carbonyl (C=O) groups is 3. The Morgan fingerprint density at radius 3 is 2.65 bits per heavy atom. The van der Waals surface area contributed by atoms with E-state index in [1.807, 2.05) is 6.07 Å². The Kier molecular flexibility index (Phi) is 4.48. The summed E-state index contributed by atoms with van der Waals surface area (Å²) in [5.74, 6) is -2.07. The second kappa shape index (κ2) is 6.12. The van der Waals surface area contributed by atoms with E-state index in [0.29, 0.717) is 5.75 Å². The summed E-state index contributed by atoms with van der Waals surface area (Å²) in [6.45, 7) is 0. The molecule has 8 heteroatoms. The van der Waals surface area contributed by atoms with Gasteiger partial charge in [-0.05, 0) is 12.1 Å². The number of aromatic nitrogens is 1. The lowest BCUT2D eigenvalue weighted by Gasteiger charge is -2.15. The summed E-state index contributed by atoms with van der Waals surface area (Å²) in [5.41, 5.74) is 0. The van der Waals surface area contributed by atoms with Crippen molar-refractivity contribution in [1.82, 2.24) is 4.98 Å². The predicted molar refractivity (Wildman–Crippen MR) is 67.0 cm³/mol. The van der Waals surface area contributed by atoms with Crippen molar-refractivity contribution >= 4 is 29.5 Å². The molecule has 2 amide bonds. The number of amides is 2. The van der Waals surface area contributed by atoms with Gasteiger partial charge in [0.05, 0.1) is 24.3 Å². The molecule has 1 aromatic heterocycles. The minimum absolute atomic E-state index is 0.0393. The van der Waals surface area contributed by atoms with E-state index < -0.39 is 22.6 Å². The van der Waals surface area contributed by atoms with Crippen molar-refractivity contribution in [2.24, 2.45) is 0 Å². The maximum atomic E-state index is 11.5. The molecule has 1 N–H and O–H groups in total. The minimum atomic E-state index is -1.85. The summed E-state index contributed by atoms with van der Waals surface area (Å²) < 4.78 is 0. The number of hydrogen-bond donors (Lipinski definition) is 1. The summed E-state index contributed by atoms with van der Waals surface area (Å²) in [7, 11) is 0. The zero-order valence-corrected chi connectivity index (χ0v) is 11.3. The molecule has 1 aliphatic rings. The van der Waals surface area contributed by atoms with Crippen molar-refractivity contribution in [2.45, 2.75) is 24.3 Å². The molecule has 0 spiro atoms. The van der Waals surface area contributed by atoms with Gasteiger partial charge in [0.15, 0.2) is 0 Å². The lowest BCUT2D eigenvalue weighted by Crippen LogP contribution is -2.50. The highest BCUT2D eigenvalue weighted by atomic mass is 32.2. The van der Waals surface area contributed by atoms with Gasteiger partial charge >= 0.3 is 17.8 Å². The second-order valence-corrected chi connectivity index (χ2v) is 5.21. The van der Waals surface area contributed by atoms with Crippen LogP contribution in [0.4, 0.5) is 0 Å². The summed E-state index contributed by atoms with van der Waals surface area (Å²) in [5, 5.41) is 10.4. The van der Waals surface area contributed by atoms with Gasteiger partial charge in [-0.1, -0.05) is 6.07 Å². The Hall–Kier alpha value is -1.77. The van der Waals surface area contributed by atoms with E-state index in [1.54, 1.807) is 18.3 Å². The molecular weight excluding hydrogens is 284 g/mol. The van der Waals surface area contributed by atoms with Crippen LogP contribution >= 0.6 is 11.8 Å². The van der Waals surface area contributed by atoms with Crippen LogP contribution < -0.4 is 0 Å². The van der Waals surface area contributed by atoms with Crippen molar-refractivity contribution in [3.8, 4) is 0 Å². The van der Waals surface area contributed by atoms with Crippen molar-refractivity contribution in [3.05, 3.63) is 24.4 Å². The molecule has 1 saturated heterocycles. The molecule has 20 heavy (non-hydrogen) atoms. The number of pyridine rings is 1. The molecule has 0 radical (unpaired) electrons. The topological polar surface area (TPSA) is 93.6 Å². The molecule has 7 nitrogen and oxygen atoms in total. The van der Waals surface area contributed by atoms with Crippen LogP contribution in [0.5, 0.6) is 0 Å². The van der Waals surface area contributed by atoms with E-state index in [1.165, 1.54) is 11.8 Å². The third kappa shape index (κ3) is 3.21. The lowest BCUT2D eigenvalue weighted by molar-refractivity contribution is -1.12. The molecule has 0 aliphatic carbocycles. The quantitative estimate of drug-likeness (QED) is 0.376. The van der Waals surface area contributed by atoms with Crippen molar-refractivity contribution in [3.63, 3.8) is 0 Å². The molecule has 2 rings (SSSR count). The fourth-order valence-electron chi connectivity index (χ4n) is 1.62. The van der Waals surface area contributed by atoms with Crippen LogP contribution in [0.2, 0.25) is 0 Å². The second-order valence-electron chi connectivity index (χ2n) is 4.09. The standard InChI is InChI=1S/C12H13N2O5S/c15-10-4-5-11(16)14(10,18)19-12(17)6-8-20-9-3-1-2-7-13-9/h1-3,7,18H,4-6,8H2/q+1. The number of thioether (sulfide) groups is 1. The average Bonchev–Trinajstić information content (AvgIpc) is 2.68. The SMILES string of the molecule is O=C(CCSc1ccccn1)O[N+]1(O)C(=O)CCC1=O. The number of quaternary nitrogens is 1. The van der Waals surface area contributed by atoms with Crippen LogP contribution in [-0.2, 0) is 19.2 Å². The zero-order chi connectivity index (χ0) is 14.6. The van der Waals surface area contributed by atoms with E-state index >= 15 is 0 Å². The predicted octanol–water partition coefficient (Wildman–Crippen LogP) is 1.08. The van der Waals surface area contributed by atoms with Gasteiger partial charge in [-0.3, -0.25) is 0 Å². The molecule has 0 aromatic carbocycles. The summed E-state index contributed by atoms with van der Waals surface area (Å²) in [6.07, 6.45) is 1.36. The van der Waals surface area contributed by atoms with Gasteiger partial charge < -0.3 is 0 Å². The highest BCUT2D eigenvalue weighted by Gasteiger charge is 2.55. The highest BCUT2D eigenvalue weighted by molar-refractivity contribution is 7.99. The maximum absolute atomic E-state index is 11.5. The molecule has 2 heterocycles. The molecule has 1 fully saturated rings. The summed E-state index contributed by atoms with van der Waals surface area (Å²) >= 11 is 1.34. The lowest BCUT2D eigenvalue weighted by atomic mass is 10.4. The Balaban J connectivity index is 1.81. The number of imide groups is 1. The van der Waals surface area contributed by atoms with Gasteiger partial charge in [0.25, 0.3) is 0 Å². The largest absolute Gasteiger partial charge is 0.397 e. The van der Waals surface area contributed by atoms with E-state index in [0.717, 1.165) is 5.03 Å². The van der Waals surface area contributed by atoms with Crippen LogP contribution in [0.1, 0.15) is 19.3 Å². The van der Waals surface area contributed by atoms with Crippen LogP contribution in [0.3, 0.4) is 0 Å². The number of hydroxylamine groups is 4. The number of hydrogen-bond acceptors (Lipinski definition) is 7. The van der Waals surface area contributed by atoms with Crippen molar-refractivity contribution in [2.75, 3.05) is 5.75 Å². The average molecular weight is 297 g/mol. The first kappa shape index (κ1) is 14.6. The van der Waals surface area contributed by atoms with Gasteiger partial charge in [-0.2, -0.15) is 5.21 Å². The van der Waals surface area contributed by atoms with E-state index in [-0.39, 0.29) is 19.3 Å². The Morgan fingerprint density at radius 1 is 1.35 bits per heavy atom. The molecule has 0 saturated carbocycles. The Morgan fingerprint density at radius 2 is 2.05 bits per heavy atom. The molecule has 0 atom stereocenters. The van der Waals surface area contributed by atoms with E-state index in [9.17, 15) is 19.6 Å². The molecular formula is C12H13N2O5S+. The number of nitrogens with zero attached hydrogens (tertiary/aromatic N) is 2. The van der Waals surface area contributed by atoms with Gasteiger partial charge in [-0.25, -0.2) is 24.2 Å². The molecule has 0 unspecified atom stereocenters. The van der Waals surface area contributed by atoms with Crippen LogP contribution in [0.15, 0.2) is 29.4 Å². The smallest absolute Gasteiger partial charge is 0.250 e. The van der Waals surface area contributed by atoms with Crippen LogP contribution in [0, 0.1) is 0 Å². The van der Waals surface area contributed by atoms with Gasteiger partial charge in [0, 0.05) is 11.9 Å². The third-order valence-electron chi connectivity index (χ3n) is 2.66. The van der Waals surface area contributed by atoms with Gasteiger partial charge in [0.1, 0.15) is 4.81 Å². The zero-order valence-electron chi connectivity index (χ0n) is 10.5. The molecule has 1 aliphatic heterocycles. The van der Waals surface area contributed by atoms with E-state index in [2.05, 4.69) is 9.82 Å². The Bertz CT molecular complexity index is 518. The summed E-state index contributed by atoms with van der Waals surface area (Å²) in [6, 6.07) is 5.40. The van der Waals surface area contributed by atoms with Crippen LogP contribution in [-0.4, -0.2) is 38.5 Å². The Labute approximate surface area is 119 Å². The maximum Gasteiger partial charge on any atom is 0.397 e. The molecule has 106 valence electrons. The molecule has 0 bridgehead atoms.